The number of amides is 1. The Labute approximate surface area is 123 Å². The first kappa shape index (κ1) is 15.6. The molecule has 114 valence electrons. The van der Waals surface area contributed by atoms with Gasteiger partial charge in [0.1, 0.15) is 0 Å². The van der Waals surface area contributed by atoms with Crippen molar-refractivity contribution in [2.45, 2.75) is 6.30 Å². The summed E-state index contributed by atoms with van der Waals surface area (Å²) >= 11 is 0. The highest BCUT2D eigenvalue weighted by molar-refractivity contribution is 6.12. The van der Waals surface area contributed by atoms with Gasteiger partial charge in [0.05, 0.1) is 16.8 Å². The molecule has 0 aliphatic carbocycles. The summed E-state index contributed by atoms with van der Waals surface area (Å²) in [5.41, 5.74) is -1.41. The molecule has 2 aromatic carbocycles. The first-order chi connectivity index (χ1) is 10.3. The number of hydrogen-bond donors (Lipinski definition) is 1. The molecule has 0 atom stereocenters. The zero-order chi connectivity index (χ0) is 16.3. The third-order valence-electron chi connectivity index (χ3n) is 2.86. The molecule has 2 rings (SSSR count). The van der Waals surface area contributed by atoms with Crippen LogP contribution in [-0.4, -0.2) is 23.3 Å². The Kier molecular flexibility index (Phi) is 4.16. The predicted molar refractivity (Wildman–Crippen MR) is 72.7 cm³/mol. The van der Waals surface area contributed by atoms with Gasteiger partial charge in [-0.05, 0) is 24.3 Å². The minimum Gasteiger partial charge on any atom is -0.478 e. The van der Waals surface area contributed by atoms with Gasteiger partial charge in [-0.2, -0.15) is 0 Å². The van der Waals surface area contributed by atoms with Crippen LogP contribution in [0.1, 0.15) is 20.7 Å². The van der Waals surface area contributed by atoms with Crippen LogP contribution in [0.2, 0.25) is 0 Å². The van der Waals surface area contributed by atoms with Crippen LogP contribution < -0.4 is 4.90 Å². The minimum absolute atomic E-state index is 0.380. The maximum Gasteiger partial charge on any atom is 0.491 e. The number of anilines is 1. The van der Waals surface area contributed by atoms with Gasteiger partial charge in [-0.1, -0.05) is 30.3 Å². The molecular formula is C15H10F3NO3. The molecule has 1 amide bonds. The van der Waals surface area contributed by atoms with E-state index in [9.17, 15) is 22.8 Å². The van der Waals surface area contributed by atoms with E-state index >= 15 is 0 Å². The molecule has 0 aliphatic rings. The van der Waals surface area contributed by atoms with Crippen molar-refractivity contribution >= 4 is 17.6 Å². The van der Waals surface area contributed by atoms with Crippen LogP contribution in [0.25, 0.3) is 0 Å². The molecule has 0 fully saturated rings. The summed E-state index contributed by atoms with van der Waals surface area (Å²) in [5, 5.41) is 9.02. The molecule has 0 saturated heterocycles. The molecule has 1 N–H and O–H groups in total. The standard InChI is InChI=1S/C15H10F3NO3/c16-15(17,18)19(10-6-2-1-3-7-10)13(20)11-8-4-5-9-12(11)14(21)22/h1-9H,(H,21,22). The fraction of sp³-hybridized carbons (Fsp3) is 0.0667. The van der Waals surface area contributed by atoms with Gasteiger partial charge < -0.3 is 5.11 Å². The number of carbonyl (C=O) groups is 2. The lowest BCUT2D eigenvalue weighted by Crippen LogP contribution is -2.43. The van der Waals surface area contributed by atoms with E-state index in [1.165, 1.54) is 30.3 Å². The second-order valence-corrected chi connectivity index (χ2v) is 4.29. The fourth-order valence-corrected chi connectivity index (χ4v) is 1.93. The van der Waals surface area contributed by atoms with E-state index in [-0.39, 0.29) is 10.6 Å². The molecule has 0 spiro atoms. The Balaban J connectivity index is 2.55. The topological polar surface area (TPSA) is 57.6 Å². The van der Waals surface area contributed by atoms with Crippen molar-refractivity contribution in [3.63, 3.8) is 0 Å². The Morgan fingerprint density at radius 2 is 1.36 bits per heavy atom. The van der Waals surface area contributed by atoms with Crippen LogP contribution >= 0.6 is 0 Å². The van der Waals surface area contributed by atoms with E-state index in [4.69, 9.17) is 5.11 Å². The maximum atomic E-state index is 13.2. The van der Waals surface area contributed by atoms with Gasteiger partial charge in [-0.3, -0.25) is 4.79 Å². The smallest absolute Gasteiger partial charge is 0.478 e. The first-order valence-electron chi connectivity index (χ1n) is 6.11. The number of alkyl halides is 3. The first-order valence-corrected chi connectivity index (χ1v) is 6.11. The molecule has 2 aromatic rings. The number of rotatable bonds is 3. The fourth-order valence-electron chi connectivity index (χ4n) is 1.93. The van der Waals surface area contributed by atoms with Crippen LogP contribution in [0.4, 0.5) is 18.9 Å². The average molecular weight is 309 g/mol. The van der Waals surface area contributed by atoms with Crippen molar-refractivity contribution in [2.24, 2.45) is 0 Å². The molecule has 0 heterocycles. The van der Waals surface area contributed by atoms with Crippen LogP contribution in [0.15, 0.2) is 54.6 Å². The Hall–Kier alpha value is -2.83. The van der Waals surface area contributed by atoms with Crippen molar-refractivity contribution in [2.75, 3.05) is 4.90 Å². The molecule has 0 bridgehead atoms. The molecule has 0 saturated carbocycles. The lowest BCUT2D eigenvalue weighted by molar-refractivity contribution is -0.122. The highest BCUT2D eigenvalue weighted by Gasteiger charge is 2.43. The monoisotopic (exact) mass is 309 g/mol. The summed E-state index contributed by atoms with van der Waals surface area (Å²) in [4.78, 5) is 23.0. The molecule has 0 aromatic heterocycles. The quantitative estimate of drug-likeness (QED) is 0.882. The van der Waals surface area contributed by atoms with Gasteiger partial charge in [-0.25, -0.2) is 9.69 Å². The Bertz CT molecular complexity index is 699. The average Bonchev–Trinajstić information content (AvgIpc) is 2.47. The number of benzene rings is 2. The van der Waals surface area contributed by atoms with Crippen molar-refractivity contribution < 1.29 is 27.9 Å². The minimum atomic E-state index is -4.98. The summed E-state index contributed by atoms with van der Waals surface area (Å²) in [7, 11) is 0. The van der Waals surface area contributed by atoms with Gasteiger partial charge in [-0.15, -0.1) is 13.2 Å². The van der Waals surface area contributed by atoms with Crippen LogP contribution in [0.5, 0.6) is 0 Å². The summed E-state index contributed by atoms with van der Waals surface area (Å²) in [6.45, 7) is 0. The van der Waals surface area contributed by atoms with Crippen molar-refractivity contribution in [1.29, 1.82) is 0 Å². The summed E-state index contributed by atoms with van der Waals surface area (Å²) < 4.78 is 39.7. The lowest BCUT2D eigenvalue weighted by Gasteiger charge is -2.25. The number of carboxylic acids is 1. The third kappa shape index (κ3) is 3.08. The van der Waals surface area contributed by atoms with Crippen LogP contribution in [-0.2, 0) is 0 Å². The number of halogens is 3. The summed E-state index contributed by atoms with van der Waals surface area (Å²) in [6.07, 6.45) is -4.98. The molecule has 0 unspecified atom stereocenters. The van der Waals surface area contributed by atoms with E-state index in [1.54, 1.807) is 0 Å². The number of aromatic carboxylic acids is 1. The number of nitrogens with zero attached hydrogens (tertiary/aromatic N) is 1. The van der Waals surface area contributed by atoms with Crippen molar-refractivity contribution in [1.82, 2.24) is 0 Å². The zero-order valence-electron chi connectivity index (χ0n) is 11.0. The number of carboxylic acid groups (broad SMARTS) is 1. The largest absolute Gasteiger partial charge is 0.491 e. The number of carbonyl (C=O) groups excluding carboxylic acids is 1. The highest BCUT2D eigenvalue weighted by atomic mass is 19.4. The predicted octanol–water partition coefficient (Wildman–Crippen LogP) is 3.55. The Morgan fingerprint density at radius 3 is 1.86 bits per heavy atom. The second kappa shape index (κ2) is 5.88. The van der Waals surface area contributed by atoms with E-state index in [0.29, 0.717) is 0 Å². The van der Waals surface area contributed by atoms with E-state index < -0.39 is 29.3 Å². The molecule has 4 nitrogen and oxygen atoms in total. The van der Waals surface area contributed by atoms with E-state index in [2.05, 4.69) is 0 Å². The SMILES string of the molecule is O=C(O)c1ccccc1C(=O)N(c1ccccc1)C(F)(F)F. The second-order valence-electron chi connectivity index (χ2n) is 4.29. The van der Waals surface area contributed by atoms with E-state index in [0.717, 1.165) is 24.3 Å². The van der Waals surface area contributed by atoms with Gasteiger partial charge in [0, 0.05) is 0 Å². The van der Waals surface area contributed by atoms with Crippen molar-refractivity contribution in [3.8, 4) is 0 Å². The molecule has 22 heavy (non-hydrogen) atoms. The normalized spacial score (nSPS) is 11.0. The number of hydrogen-bond acceptors (Lipinski definition) is 2. The molecule has 7 heteroatoms. The molecule has 0 aliphatic heterocycles. The molecule has 0 radical (unpaired) electrons. The summed E-state index contributed by atoms with van der Waals surface area (Å²) in [5.74, 6) is -2.92. The van der Waals surface area contributed by atoms with Gasteiger partial charge in [0.25, 0.3) is 5.91 Å². The highest BCUT2D eigenvalue weighted by Crippen LogP contribution is 2.30. The van der Waals surface area contributed by atoms with Crippen LogP contribution in [0, 0.1) is 0 Å². The summed E-state index contributed by atoms with van der Waals surface area (Å²) in [6, 6.07) is 11.2. The Morgan fingerprint density at radius 1 is 0.864 bits per heavy atom. The van der Waals surface area contributed by atoms with E-state index in [1.807, 2.05) is 0 Å². The van der Waals surface area contributed by atoms with Gasteiger partial charge in [0.15, 0.2) is 0 Å². The van der Waals surface area contributed by atoms with Gasteiger partial charge >= 0.3 is 12.3 Å². The third-order valence-corrected chi connectivity index (χ3v) is 2.86. The molecular weight excluding hydrogens is 299 g/mol. The van der Waals surface area contributed by atoms with Gasteiger partial charge in [0.2, 0.25) is 0 Å². The van der Waals surface area contributed by atoms with Crippen molar-refractivity contribution in [3.05, 3.63) is 65.7 Å². The maximum absolute atomic E-state index is 13.2. The zero-order valence-corrected chi connectivity index (χ0v) is 11.0. The lowest BCUT2D eigenvalue weighted by atomic mass is 10.1. The number of para-hydroxylation sites is 1. The van der Waals surface area contributed by atoms with Crippen LogP contribution in [0.3, 0.4) is 0 Å².